The van der Waals surface area contributed by atoms with Crippen LogP contribution < -0.4 is 0 Å². The monoisotopic (exact) mass is 289 g/mol. The molecule has 0 N–H and O–H groups in total. The van der Waals surface area contributed by atoms with Crippen molar-refractivity contribution in [3.63, 3.8) is 0 Å². The third-order valence-corrected chi connectivity index (χ3v) is 3.32. The van der Waals surface area contributed by atoms with Crippen LogP contribution in [0.3, 0.4) is 0 Å². The van der Waals surface area contributed by atoms with Gasteiger partial charge in [0, 0.05) is 12.5 Å². The fourth-order valence-electron chi connectivity index (χ4n) is 2.41. The number of rotatable bonds is 4. The molecule has 1 aliphatic heterocycles. The van der Waals surface area contributed by atoms with Crippen LogP contribution in [-0.2, 0) is 20.7 Å². The minimum absolute atomic E-state index is 0.0749. The molecule has 0 unspecified atom stereocenters. The van der Waals surface area contributed by atoms with E-state index in [0.29, 0.717) is 6.54 Å². The van der Waals surface area contributed by atoms with Gasteiger partial charge in [-0.2, -0.15) is 0 Å². The number of benzene rings is 1. The maximum atomic E-state index is 11.9. The summed E-state index contributed by atoms with van der Waals surface area (Å²) < 4.78 is 9.72. The fraction of sp³-hybridized carbons (Fsp3) is 0.375. The van der Waals surface area contributed by atoms with Crippen LogP contribution in [-0.4, -0.2) is 37.2 Å². The molecule has 1 aromatic rings. The molecule has 1 amide bonds. The highest BCUT2D eigenvalue weighted by atomic mass is 16.5. The van der Waals surface area contributed by atoms with E-state index in [4.69, 9.17) is 9.47 Å². The summed E-state index contributed by atoms with van der Waals surface area (Å²) in [5, 5.41) is 0. The lowest BCUT2D eigenvalue weighted by Crippen LogP contribution is -2.33. The molecule has 1 aliphatic rings. The van der Waals surface area contributed by atoms with Gasteiger partial charge in [-0.05, 0) is 25.0 Å². The first kappa shape index (κ1) is 15.1. The molecule has 0 aromatic heterocycles. The molecule has 1 heterocycles. The molecule has 0 radical (unpaired) electrons. The molecule has 1 aromatic carbocycles. The average Bonchev–Trinajstić information content (AvgIpc) is 2.91. The molecule has 2 rings (SSSR count). The van der Waals surface area contributed by atoms with E-state index in [-0.39, 0.29) is 18.2 Å². The topological polar surface area (TPSA) is 55.8 Å². The Kier molecular flexibility index (Phi) is 4.98. The molecule has 0 saturated carbocycles. The van der Waals surface area contributed by atoms with E-state index in [0.717, 1.165) is 12.0 Å². The SMILES string of the molecule is CCOC(=O)C1=C[C@@H](Cc2ccccc2)CN1C(=O)OC. The van der Waals surface area contributed by atoms with Crippen molar-refractivity contribution in [3.8, 4) is 0 Å². The molecule has 21 heavy (non-hydrogen) atoms. The highest BCUT2D eigenvalue weighted by Crippen LogP contribution is 2.25. The van der Waals surface area contributed by atoms with E-state index >= 15 is 0 Å². The highest BCUT2D eigenvalue weighted by Gasteiger charge is 2.33. The average molecular weight is 289 g/mol. The Morgan fingerprint density at radius 2 is 2.00 bits per heavy atom. The number of hydrogen-bond acceptors (Lipinski definition) is 4. The maximum Gasteiger partial charge on any atom is 0.414 e. The van der Waals surface area contributed by atoms with Crippen molar-refractivity contribution in [1.82, 2.24) is 4.90 Å². The first-order valence-electron chi connectivity index (χ1n) is 6.94. The van der Waals surface area contributed by atoms with Crippen molar-refractivity contribution in [2.75, 3.05) is 20.3 Å². The maximum absolute atomic E-state index is 11.9. The predicted molar refractivity (Wildman–Crippen MR) is 77.5 cm³/mol. The summed E-state index contributed by atoms with van der Waals surface area (Å²) in [6, 6.07) is 9.95. The van der Waals surface area contributed by atoms with Gasteiger partial charge in [0.1, 0.15) is 5.70 Å². The van der Waals surface area contributed by atoms with Crippen LogP contribution in [0.5, 0.6) is 0 Å². The zero-order valence-electron chi connectivity index (χ0n) is 12.2. The van der Waals surface area contributed by atoms with Crippen LogP contribution >= 0.6 is 0 Å². The van der Waals surface area contributed by atoms with Crippen molar-refractivity contribution in [2.45, 2.75) is 13.3 Å². The van der Waals surface area contributed by atoms with Gasteiger partial charge < -0.3 is 9.47 Å². The highest BCUT2D eigenvalue weighted by molar-refractivity contribution is 5.93. The zero-order valence-corrected chi connectivity index (χ0v) is 12.2. The molecule has 0 bridgehead atoms. The van der Waals surface area contributed by atoms with Crippen LogP contribution in [0.25, 0.3) is 0 Å². The molecular formula is C16H19NO4. The van der Waals surface area contributed by atoms with Gasteiger partial charge in [-0.15, -0.1) is 0 Å². The first-order chi connectivity index (χ1) is 10.2. The van der Waals surface area contributed by atoms with Gasteiger partial charge in [-0.1, -0.05) is 30.3 Å². The second-order valence-corrected chi connectivity index (χ2v) is 4.80. The Balaban J connectivity index is 2.14. The van der Waals surface area contributed by atoms with E-state index in [1.165, 1.54) is 12.0 Å². The van der Waals surface area contributed by atoms with E-state index in [1.54, 1.807) is 13.0 Å². The standard InChI is InChI=1S/C16H19NO4/c1-3-21-15(18)14-10-13(11-17(14)16(19)20-2)9-12-7-5-4-6-8-12/h4-8,10,13H,3,9,11H2,1-2H3/t13-/m1/s1. The van der Waals surface area contributed by atoms with Crippen molar-refractivity contribution >= 4 is 12.1 Å². The normalized spacial score (nSPS) is 17.3. The van der Waals surface area contributed by atoms with Gasteiger partial charge in [-0.25, -0.2) is 9.59 Å². The molecule has 5 heteroatoms. The zero-order chi connectivity index (χ0) is 15.2. The summed E-state index contributed by atoms with van der Waals surface area (Å²) in [5.41, 5.74) is 1.43. The van der Waals surface area contributed by atoms with Crippen molar-refractivity contribution < 1.29 is 19.1 Å². The number of esters is 1. The van der Waals surface area contributed by atoms with Crippen LogP contribution in [0, 0.1) is 5.92 Å². The number of nitrogens with zero attached hydrogens (tertiary/aromatic N) is 1. The molecule has 5 nitrogen and oxygen atoms in total. The van der Waals surface area contributed by atoms with Gasteiger partial charge in [0.05, 0.1) is 13.7 Å². The second kappa shape index (κ2) is 6.92. The van der Waals surface area contributed by atoms with Crippen molar-refractivity contribution in [1.29, 1.82) is 0 Å². The molecule has 1 atom stereocenters. The van der Waals surface area contributed by atoms with Crippen molar-refractivity contribution in [2.24, 2.45) is 5.92 Å². The summed E-state index contributed by atoms with van der Waals surface area (Å²) in [6.45, 7) is 2.43. The van der Waals surface area contributed by atoms with Crippen LogP contribution in [0.4, 0.5) is 4.79 Å². The minimum Gasteiger partial charge on any atom is -0.461 e. The fourth-order valence-corrected chi connectivity index (χ4v) is 2.41. The Morgan fingerprint density at radius 1 is 1.29 bits per heavy atom. The van der Waals surface area contributed by atoms with Gasteiger partial charge >= 0.3 is 12.1 Å². The Morgan fingerprint density at radius 3 is 2.62 bits per heavy atom. The van der Waals surface area contributed by atoms with Crippen molar-refractivity contribution in [3.05, 3.63) is 47.7 Å². The molecule has 0 fully saturated rings. The summed E-state index contributed by atoms with van der Waals surface area (Å²) >= 11 is 0. The van der Waals surface area contributed by atoms with E-state index in [2.05, 4.69) is 0 Å². The summed E-state index contributed by atoms with van der Waals surface area (Å²) in [5.74, 6) is -0.413. The quantitative estimate of drug-likeness (QED) is 0.799. The lowest BCUT2D eigenvalue weighted by atomic mass is 10.0. The number of methoxy groups -OCH3 is 1. The minimum atomic E-state index is -0.537. The van der Waals surface area contributed by atoms with E-state index in [1.807, 2.05) is 30.3 Å². The number of carbonyl (C=O) groups is 2. The number of carbonyl (C=O) groups excluding carboxylic acids is 2. The Labute approximate surface area is 124 Å². The summed E-state index contributed by atoms with van der Waals surface area (Å²) in [6.07, 6.45) is 2.02. The molecule has 0 spiro atoms. The van der Waals surface area contributed by atoms with E-state index < -0.39 is 12.1 Å². The summed E-state index contributed by atoms with van der Waals surface area (Å²) in [7, 11) is 1.30. The van der Waals surface area contributed by atoms with Gasteiger partial charge in [0.15, 0.2) is 0 Å². The van der Waals surface area contributed by atoms with Crippen LogP contribution in [0.15, 0.2) is 42.1 Å². The number of ether oxygens (including phenoxy) is 2. The second-order valence-electron chi connectivity index (χ2n) is 4.80. The van der Waals surface area contributed by atoms with Gasteiger partial charge in [-0.3, -0.25) is 4.90 Å². The molecule has 0 saturated heterocycles. The third kappa shape index (κ3) is 3.62. The predicted octanol–water partition coefficient (Wildman–Crippen LogP) is 2.37. The van der Waals surface area contributed by atoms with Crippen LogP contribution in [0.2, 0.25) is 0 Å². The Bertz CT molecular complexity index is 538. The van der Waals surface area contributed by atoms with Gasteiger partial charge in [0.2, 0.25) is 0 Å². The number of hydrogen-bond donors (Lipinski definition) is 0. The lowest BCUT2D eigenvalue weighted by Gasteiger charge is -2.18. The third-order valence-electron chi connectivity index (χ3n) is 3.32. The van der Waals surface area contributed by atoms with Crippen LogP contribution in [0.1, 0.15) is 12.5 Å². The number of amides is 1. The largest absolute Gasteiger partial charge is 0.461 e. The molecular weight excluding hydrogens is 270 g/mol. The molecule has 0 aliphatic carbocycles. The smallest absolute Gasteiger partial charge is 0.414 e. The van der Waals surface area contributed by atoms with Gasteiger partial charge in [0.25, 0.3) is 0 Å². The first-order valence-corrected chi connectivity index (χ1v) is 6.94. The lowest BCUT2D eigenvalue weighted by molar-refractivity contribution is -0.140. The van der Waals surface area contributed by atoms with E-state index in [9.17, 15) is 9.59 Å². The summed E-state index contributed by atoms with van der Waals surface area (Å²) in [4.78, 5) is 25.1. The Hall–Kier alpha value is -2.30. The molecule has 112 valence electrons.